The van der Waals surface area contributed by atoms with Gasteiger partial charge in [0.25, 0.3) is 0 Å². The number of hydrogen-bond acceptors (Lipinski definition) is 7. The highest BCUT2D eigenvalue weighted by molar-refractivity contribution is 8.16. The second kappa shape index (κ2) is 6.59. The van der Waals surface area contributed by atoms with E-state index in [4.69, 9.17) is 4.74 Å². The molecule has 3 rings (SSSR count). The zero-order chi connectivity index (χ0) is 16.4. The molecule has 3 aliphatic heterocycles. The molecule has 2 amide bonds. The minimum atomic E-state index is -0.470. The number of aliphatic imine (C=N–C) groups is 2. The van der Waals surface area contributed by atoms with Crippen molar-refractivity contribution in [1.82, 2.24) is 10.6 Å². The summed E-state index contributed by atoms with van der Waals surface area (Å²) in [4.78, 5) is 30.1. The largest absolute Gasteiger partial charge is 0.373 e. The number of nitrogens with zero attached hydrogens (tertiary/aromatic N) is 2. The van der Waals surface area contributed by atoms with Gasteiger partial charge >= 0.3 is 0 Å². The molecule has 0 aromatic carbocycles. The molecule has 2 N–H and O–H groups in total. The van der Waals surface area contributed by atoms with Gasteiger partial charge in [0.15, 0.2) is 10.3 Å². The van der Waals surface area contributed by atoms with Crippen molar-refractivity contribution in [1.29, 1.82) is 0 Å². The van der Waals surface area contributed by atoms with Crippen molar-refractivity contribution in [2.45, 2.75) is 30.6 Å². The second-order valence-corrected chi connectivity index (χ2v) is 7.64. The van der Waals surface area contributed by atoms with Gasteiger partial charge in [-0.2, -0.15) is 0 Å². The van der Waals surface area contributed by atoms with Gasteiger partial charge < -0.3 is 15.4 Å². The normalized spacial score (nSPS) is 33.1. The molecule has 1 spiro atoms. The van der Waals surface area contributed by atoms with E-state index in [0.717, 1.165) is 11.6 Å². The molecule has 122 valence electrons. The average molecular weight is 344 g/mol. The van der Waals surface area contributed by atoms with Crippen molar-refractivity contribution in [2.24, 2.45) is 9.98 Å². The molecular weight excluding hydrogens is 324 g/mol. The first kappa shape index (κ1) is 17.3. The van der Waals surface area contributed by atoms with Gasteiger partial charge in [-0.1, -0.05) is 23.5 Å². The van der Waals surface area contributed by atoms with Crippen LogP contribution in [0.5, 0.6) is 0 Å². The van der Waals surface area contributed by atoms with E-state index in [1.807, 2.05) is 13.8 Å². The molecule has 1 unspecified atom stereocenters. The van der Waals surface area contributed by atoms with Gasteiger partial charge in [0.2, 0.25) is 11.8 Å². The lowest BCUT2D eigenvalue weighted by Gasteiger charge is -2.31. The lowest BCUT2D eigenvalue weighted by Crippen LogP contribution is -2.49. The van der Waals surface area contributed by atoms with E-state index >= 15 is 0 Å². The molecular formula is C13H20N4O3S2. The number of rotatable bonds is 0. The van der Waals surface area contributed by atoms with Crippen molar-refractivity contribution >= 4 is 45.7 Å². The third-order valence-electron chi connectivity index (χ3n) is 3.74. The van der Waals surface area contributed by atoms with E-state index in [2.05, 4.69) is 20.6 Å². The summed E-state index contributed by atoms with van der Waals surface area (Å²) in [6, 6.07) is 0. The van der Waals surface area contributed by atoms with Gasteiger partial charge in [-0.05, 0) is 20.3 Å². The lowest BCUT2D eigenvalue weighted by atomic mass is 9.89. The number of amidine groups is 2. The number of amides is 2. The van der Waals surface area contributed by atoms with Crippen molar-refractivity contribution in [3.8, 4) is 0 Å². The Morgan fingerprint density at radius 3 is 2.18 bits per heavy atom. The maximum atomic E-state index is 11.9. The van der Waals surface area contributed by atoms with Crippen LogP contribution in [0.15, 0.2) is 9.98 Å². The number of nitrogens with one attached hydrogen (secondary N) is 2. The quantitative estimate of drug-likeness (QED) is 0.672. The smallest absolute Gasteiger partial charge is 0.245 e. The van der Waals surface area contributed by atoms with Gasteiger partial charge in [-0.25, -0.2) is 0 Å². The summed E-state index contributed by atoms with van der Waals surface area (Å²) in [5.41, 5.74) is -0.409. The van der Waals surface area contributed by atoms with E-state index in [9.17, 15) is 9.59 Å². The van der Waals surface area contributed by atoms with Crippen LogP contribution in [0.2, 0.25) is 0 Å². The molecule has 9 heteroatoms. The summed E-state index contributed by atoms with van der Waals surface area (Å²) in [7, 11) is 3.35. The van der Waals surface area contributed by atoms with Crippen LogP contribution in [0.3, 0.4) is 0 Å². The van der Waals surface area contributed by atoms with Crippen LogP contribution in [-0.4, -0.2) is 59.0 Å². The first-order valence-electron chi connectivity index (χ1n) is 6.85. The van der Waals surface area contributed by atoms with Crippen LogP contribution in [-0.2, 0) is 14.3 Å². The summed E-state index contributed by atoms with van der Waals surface area (Å²) < 4.78 is 5.13. The number of ether oxygens (including phenoxy) is 1. The second-order valence-electron chi connectivity index (χ2n) is 5.39. The lowest BCUT2D eigenvalue weighted by molar-refractivity contribution is -0.125. The van der Waals surface area contributed by atoms with E-state index in [1.54, 1.807) is 14.1 Å². The van der Waals surface area contributed by atoms with Crippen molar-refractivity contribution in [3.63, 3.8) is 0 Å². The number of carbonyl (C=O) groups is 2. The van der Waals surface area contributed by atoms with Crippen LogP contribution in [0.4, 0.5) is 0 Å². The minimum absolute atomic E-state index is 0.0330. The Bertz CT molecular complexity index is 547. The third-order valence-corrected chi connectivity index (χ3v) is 6.41. The van der Waals surface area contributed by atoms with Crippen molar-refractivity contribution in [3.05, 3.63) is 0 Å². The molecule has 0 aromatic heterocycles. The predicted molar refractivity (Wildman–Crippen MR) is 90.4 cm³/mol. The maximum absolute atomic E-state index is 11.9. The SMILES string of the molecule is CN=C1NC(=O)C2(CCOC2(C)C)S1.CN=C1NC(=O)CS1. The highest BCUT2D eigenvalue weighted by Gasteiger charge is 2.60. The van der Waals surface area contributed by atoms with Gasteiger partial charge in [0, 0.05) is 20.7 Å². The fraction of sp³-hybridized carbons (Fsp3) is 0.692. The fourth-order valence-corrected chi connectivity index (χ4v) is 4.26. The zero-order valence-corrected chi connectivity index (χ0v) is 14.7. The Hall–Kier alpha value is -1.06. The molecule has 7 nitrogen and oxygen atoms in total. The van der Waals surface area contributed by atoms with Gasteiger partial charge in [-0.3, -0.25) is 19.6 Å². The maximum Gasteiger partial charge on any atom is 0.245 e. The molecule has 0 aliphatic carbocycles. The van der Waals surface area contributed by atoms with Gasteiger partial charge in [0.1, 0.15) is 4.75 Å². The molecule has 3 fully saturated rings. The molecule has 0 saturated carbocycles. The van der Waals surface area contributed by atoms with Crippen molar-refractivity contribution in [2.75, 3.05) is 26.5 Å². The zero-order valence-electron chi connectivity index (χ0n) is 13.1. The summed E-state index contributed by atoms with van der Waals surface area (Å²) in [5.74, 6) is 0.605. The molecule has 0 aromatic rings. The predicted octanol–water partition coefficient (Wildman–Crippen LogP) is 0.608. The third kappa shape index (κ3) is 3.16. The topological polar surface area (TPSA) is 92.2 Å². The summed E-state index contributed by atoms with van der Waals surface area (Å²) in [5, 5.41) is 6.80. The van der Waals surface area contributed by atoms with E-state index in [1.165, 1.54) is 23.5 Å². The Morgan fingerprint density at radius 1 is 1.14 bits per heavy atom. The van der Waals surface area contributed by atoms with E-state index in [-0.39, 0.29) is 11.8 Å². The molecule has 0 radical (unpaired) electrons. The number of thioether (sulfide) groups is 2. The Balaban J connectivity index is 0.000000188. The van der Waals surface area contributed by atoms with Crippen LogP contribution >= 0.6 is 23.5 Å². The molecule has 22 heavy (non-hydrogen) atoms. The van der Waals surface area contributed by atoms with Crippen molar-refractivity contribution < 1.29 is 14.3 Å². The molecule has 3 heterocycles. The molecule has 0 bridgehead atoms. The van der Waals surface area contributed by atoms with Crippen LogP contribution in [0.1, 0.15) is 20.3 Å². The fourth-order valence-electron chi connectivity index (χ4n) is 2.41. The number of carbonyl (C=O) groups excluding carboxylic acids is 2. The monoisotopic (exact) mass is 344 g/mol. The summed E-state index contributed by atoms with van der Waals surface area (Å²) in [6.45, 7) is 4.57. The highest BCUT2D eigenvalue weighted by atomic mass is 32.2. The van der Waals surface area contributed by atoms with E-state index < -0.39 is 10.3 Å². The van der Waals surface area contributed by atoms with Crippen LogP contribution in [0.25, 0.3) is 0 Å². The molecule has 3 aliphatic rings. The molecule has 1 atom stereocenters. The standard InChI is InChI=1S/C9H14N2O2S.C4H6N2OS/c1-8(2)9(4-5-13-8)6(12)11-7(10-3)14-9;1-5-4-6-3(7)2-8-4/h4-5H2,1-3H3,(H,10,11,12);2H2,1H3,(H,5,6,7). The minimum Gasteiger partial charge on any atom is -0.373 e. The number of hydrogen-bond donors (Lipinski definition) is 2. The van der Waals surface area contributed by atoms with Crippen LogP contribution in [0, 0.1) is 0 Å². The Labute approximate surface area is 138 Å². The van der Waals surface area contributed by atoms with Crippen LogP contribution < -0.4 is 10.6 Å². The van der Waals surface area contributed by atoms with Gasteiger partial charge in [-0.15, -0.1) is 0 Å². The summed E-state index contributed by atoms with van der Waals surface area (Å²) >= 11 is 2.94. The Kier molecular flexibility index (Phi) is 5.18. The first-order chi connectivity index (χ1) is 10.3. The Morgan fingerprint density at radius 2 is 1.82 bits per heavy atom. The van der Waals surface area contributed by atoms with Gasteiger partial charge in [0.05, 0.1) is 11.4 Å². The summed E-state index contributed by atoms with van der Waals surface area (Å²) in [6.07, 6.45) is 0.759. The van der Waals surface area contributed by atoms with E-state index in [0.29, 0.717) is 17.5 Å². The first-order valence-corrected chi connectivity index (χ1v) is 8.65. The molecule has 3 saturated heterocycles. The highest BCUT2D eigenvalue weighted by Crippen LogP contribution is 2.49. The average Bonchev–Trinajstić information content (AvgIpc) is 3.12.